The van der Waals surface area contributed by atoms with E-state index in [2.05, 4.69) is 49.2 Å². The Morgan fingerprint density at radius 3 is 2.44 bits per heavy atom. The maximum absolute atomic E-state index is 4.37. The van der Waals surface area contributed by atoms with Crippen LogP contribution >= 0.6 is 0 Å². The van der Waals surface area contributed by atoms with Crippen molar-refractivity contribution in [1.82, 2.24) is 4.98 Å². The summed E-state index contributed by atoms with van der Waals surface area (Å²) in [6.07, 6.45) is 5.60. The molecule has 94 valence electrons. The van der Waals surface area contributed by atoms with Crippen LogP contribution in [-0.4, -0.2) is 4.98 Å². The van der Waals surface area contributed by atoms with Crippen LogP contribution in [0.4, 0.5) is 0 Å². The molecule has 0 saturated heterocycles. The average Bonchev–Trinajstić information content (AvgIpc) is 2.41. The number of benzene rings is 1. The van der Waals surface area contributed by atoms with Crippen LogP contribution in [0.1, 0.15) is 32.3 Å². The summed E-state index contributed by atoms with van der Waals surface area (Å²) < 4.78 is 0. The molecule has 0 fully saturated rings. The number of aromatic nitrogens is 1. The Labute approximate surface area is 110 Å². The minimum absolute atomic E-state index is 0.774. The lowest BCUT2D eigenvalue weighted by atomic mass is 9.96. The van der Waals surface area contributed by atoms with Crippen molar-refractivity contribution in [2.24, 2.45) is 5.92 Å². The van der Waals surface area contributed by atoms with Gasteiger partial charge in [0.2, 0.25) is 0 Å². The van der Waals surface area contributed by atoms with Gasteiger partial charge in [0, 0.05) is 11.8 Å². The van der Waals surface area contributed by atoms with Gasteiger partial charge in [-0.2, -0.15) is 0 Å². The van der Waals surface area contributed by atoms with Crippen molar-refractivity contribution in [2.45, 2.75) is 33.1 Å². The fourth-order valence-corrected chi connectivity index (χ4v) is 2.34. The van der Waals surface area contributed by atoms with E-state index in [1.165, 1.54) is 30.4 Å². The van der Waals surface area contributed by atoms with Crippen LogP contribution < -0.4 is 0 Å². The zero-order valence-corrected chi connectivity index (χ0v) is 11.3. The molecule has 1 nitrogen and oxygen atoms in total. The molecule has 0 radical (unpaired) electrons. The first-order chi connectivity index (χ1) is 8.79. The lowest BCUT2D eigenvalue weighted by Crippen LogP contribution is -1.98. The van der Waals surface area contributed by atoms with Crippen LogP contribution in [0.5, 0.6) is 0 Å². The van der Waals surface area contributed by atoms with Crippen molar-refractivity contribution in [3.05, 3.63) is 54.2 Å². The van der Waals surface area contributed by atoms with Crippen molar-refractivity contribution >= 4 is 0 Å². The highest BCUT2D eigenvalue weighted by molar-refractivity contribution is 5.58. The molecule has 1 aromatic heterocycles. The highest BCUT2D eigenvalue weighted by Gasteiger charge is 2.03. The fourth-order valence-electron chi connectivity index (χ4n) is 2.34. The monoisotopic (exact) mass is 239 g/mol. The molecule has 0 N–H and O–H groups in total. The molecule has 0 spiro atoms. The van der Waals surface area contributed by atoms with Crippen LogP contribution in [0.15, 0.2) is 48.7 Å². The summed E-state index contributed by atoms with van der Waals surface area (Å²) in [6, 6.07) is 14.8. The Morgan fingerprint density at radius 2 is 1.83 bits per heavy atom. The summed E-state index contributed by atoms with van der Waals surface area (Å²) in [5.74, 6) is 0.774. The molecule has 0 bridgehead atoms. The Balaban J connectivity index is 2.06. The van der Waals surface area contributed by atoms with Gasteiger partial charge in [-0.25, -0.2) is 0 Å². The lowest BCUT2D eigenvalue weighted by molar-refractivity contribution is 0.522. The van der Waals surface area contributed by atoms with E-state index in [4.69, 9.17) is 0 Å². The zero-order valence-electron chi connectivity index (χ0n) is 11.3. The number of hydrogen-bond donors (Lipinski definition) is 0. The third kappa shape index (κ3) is 3.43. The second kappa shape index (κ2) is 6.34. The molecule has 0 aliphatic heterocycles. The highest BCUT2D eigenvalue weighted by Crippen LogP contribution is 2.19. The predicted molar refractivity (Wildman–Crippen MR) is 77.4 cm³/mol. The third-order valence-corrected chi connectivity index (χ3v) is 3.28. The van der Waals surface area contributed by atoms with E-state index in [1.807, 2.05) is 18.3 Å². The van der Waals surface area contributed by atoms with Gasteiger partial charge in [-0.3, -0.25) is 4.98 Å². The minimum atomic E-state index is 0.774. The maximum Gasteiger partial charge on any atom is 0.0701 e. The van der Waals surface area contributed by atoms with E-state index >= 15 is 0 Å². The summed E-state index contributed by atoms with van der Waals surface area (Å²) in [5, 5.41) is 0. The summed E-state index contributed by atoms with van der Waals surface area (Å²) in [7, 11) is 0. The summed E-state index contributed by atoms with van der Waals surface area (Å²) in [5.41, 5.74) is 3.67. The summed E-state index contributed by atoms with van der Waals surface area (Å²) in [6.45, 7) is 4.58. The molecular weight excluding hydrogens is 218 g/mol. The van der Waals surface area contributed by atoms with Crippen LogP contribution in [-0.2, 0) is 6.42 Å². The second-order valence-corrected chi connectivity index (χ2v) is 5.01. The van der Waals surface area contributed by atoms with Crippen molar-refractivity contribution in [1.29, 1.82) is 0 Å². The number of hydrogen-bond acceptors (Lipinski definition) is 1. The average molecular weight is 239 g/mol. The maximum atomic E-state index is 4.37. The normalized spacial score (nSPS) is 12.3. The van der Waals surface area contributed by atoms with Crippen molar-refractivity contribution in [3.63, 3.8) is 0 Å². The molecule has 1 aromatic carbocycles. The Kier molecular flexibility index (Phi) is 4.52. The summed E-state index contributed by atoms with van der Waals surface area (Å²) >= 11 is 0. The lowest BCUT2D eigenvalue weighted by Gasteiger charge is -2.10. The molecule has 2 rings (SSSR count). The van der Waals surface area contributed by atoms with Gasteiger partial charge in [0.05, 0.1) is 5.69 Å². The molecule has 1 unspecified atom stereocenters. The standard InChI is InChI=1S/C17H21N/c1-3-6-14(2)13-15-8-10-16(11-9-15)17-7-4-5-12-18-17/h4-5,7-12,14H,3,6,13H2,1-2H3. The first-order valence-electron chi connectivity index (χ1n) is 6.80. The topological polar surface area (TPSA) is 12.9 Å². The van der Waals surface area contributed by atoms with Crippen LogP contribution in [0.3, 0.4) is 0 Å². The number of nitrogens with zero attached hydrogens (tertiary/aromatic N) is 1. The largest absolute Gasteiger partial charge is 0.256 e. The van der Waals surface area contributed by atoms with Gasteiger partial charge in [0.25, 0.3) is 0 Å². The van der Waals surface area contributed by atoms with Crippen LogP contribution in [0, 0.1) is 5.92 Å². The smallest absolute Gasteiger partial charge is 0.0701 e. The molecule has 1 heterocycles. The van der Waals surface area contributed by atoms with Gasteiger partial charge < -0.3 is 0 Å². The van der Waals surface area contributed by atoms with E-state index in [-0.39, 0.29) is 0 Å². The molecule has 0 aliphatic carbocycles. The fraction of sp³-hybridized carbons (Fsp3) is 0.353. The van der Waals surface area contributed by atoms with Gasteiger partial charge in [0.15, 0.2) is 0 Å². The van der Waals surface area contributed by atoms with Crippen molar-refractivity contribution < 1.29 is 0 Å². The van der Waals surface area contributed by atoms with Crippen molar-refractivity contribution in [2.75, 3.05) is 0 Å². The quantitative estimate of drug-likeness (QED) is 0.735. The van der Waals surface area contributed by atoms with Gasteiger partial charge in [0.1, 0.15) is 0 Å². The van der Waals surface area contributed by atoms with Gasteiger partial charge in [-0.15, -0.1) is 0 Å². The second-order valence-electron chi connectivity index (χ2n) is 5.01. The van der Waals surface area contributed by atoms with Crippen LogP contribution in [0.25, 0.3) is 11.3 Å². The molecule has 18 heavy (non-hydrogen) atoms. The Bertz CT molecular complexity index is 459. The van der Waals surface area contributed by atoms with Crippen LogP contribution in [0.2, 0.25) is 0 Å². The van der Waals surface area contributed by atoms with Gasteiger partial charge in [-0.1, -0.05) is 57.0 Å². The molecule has 2 aromatic rings. The van der Waals surface area contributed by atoms with E-state index < -0.39 is 0 Å². The van der Waals surface area contributed by atoms with Gasteiger partial charge >= 0.3 is 0 Å². The van der Waals surface area contributed by atoms with Gasteiger partial charge in [-0.05, 0) is 30.0 Å². The van der Waals surface area contributed by atoms with Crippen molar-refractivity contribution in [3.8, 4) is 11.3 Å². The SMILES string of the molecule is CCCC(C)Cc1ccc(-c2ccccn2)cc1. The zero-order chi connectivity index (χ0) is 12.8. The first kappa shape index (κ1) is 12.8. The molecular formula is C17H21N. The Hall–Kier alpha value is -1.63. The molecule has 0 aliphatic rings. The predicted octanol–water partition coefficient (Wildman–Crippen LogP) is 4.73. The van der Waals surface area contributed by atoms with E-state index in [0.717, 1.165) is 11.6 Å². The number of rotatable bonds is 5. The molecule has 1 heteroatoms. The minimum Gasteiger partial charge on any atom is -0.256 e. The van der Waals surface area contributed by atoms with E-state index in [0.29, 0.717) is 0 Å². The third-order valence-electron chi connectivity index (χ3n) is 3.28. The highest BCUT2D eigenvalue weighted by atomic mass is 14.7. The molecule has 1 atom stereocenters. The van der Waals surface area contributed by atoms with E-state index in [9.17, 15) is 0 Å². The first-order valence-corrected chi connectivity index (χ1v) is 6.80. The Morgan fingerprint density at radius 1 is 1.06 bits per heavy atom. The number of pyridine rings is 1. The molecule has 0 amide bonds. The van der Waals surface area contributed by atoms with E-state index in [1.54, 1.807) is 0 Å². The molecule has 0 saturated carbocycles. The summed E-state index contributed by atoms with van der Waals surface area (Å²) in [4.78, 5) is 4.37.